The van der Waals surface area contributed by atoms with Crippen LogP contribution in [0.4, 0.5) is 5.82 Å². The normalized spacial score (nSPS) is 17.0. The zero-order valence-electron chi connectivity index (χ0n) is 16.0. The van der Waals surface area contributed by atoms with Gasteiger partial charge in [-0.3, -0.25) is 4.57 Å². The van der Waals surface area contributed by atoms with E-state index >= 15 is 0 Å². The number of imidazole rings is 1. The van der Waals surface area contributed by atoms with Crippen molar-refractivity contribution in [2.45, 2.75) is 13.0 Å². The van der Waals surface area contributed by atoms with Gasteiger partial charge in [0.05, 0.1) is 0 Å². The van der Waals surface area contributed by atoms with Gasteiger partial charge < -0.3 is 10.2 Å². The van der Waals surface area contributed by atoms with Crippen LogP contribution >= 0.6 is 11.6 Å². The summed E-state index contributed by atoms with van der Waals surface area (Å²) >= 11 is 6.24. The third kappa shape index (κ3) is 3.32. The second kappa shape index (κ2) is 7.42. The lowest BCUT2D eigenvalue weighted by molar-refractivity contribution is 0.497. The molecule has 1 saturated heterocycles. The third-order valence-corrected chi connectivity index (χ3v) is 5.40. The van der Waals surface area contributed by atoms with Crippen LogP contribution in [0.3, 0.4) is 0 Å². The maximum Gasteiger partial charge on any atom is 0.168 e. The lowest BCUT2D eigenvalue weighted by atomic mass is 10.2. The van der Waals surface area contributed by atoms with Gasteiger partial charge in [-0.2, -0.15) is 0 Å². The van der Waals surface area contributed by atoms with Gasteiger partial charge in [0.15, 0.2) is 5.65 Å². The fraction of sp³-hybridized carbons (Fsp3) is 0.238. The van der Waals surface area contributed by atoms with Gasteiger partial charge in [0.2, 0.25) is 0 Å². The first-order valence-corrected chi connectivity index (χ1v) is 9.98. The van der Waals surface area contributed by atoms with Gasteiger partial charge in [-0.05, 0) is 37.3 Å². The zero-order valence-corrected chi connectivity index (χ0v) is 16.7. The van der Waals surface area contributed by atoms with Crippen LogP contribution in [-0.2, 0) is 0 Å². The zero-order chi connectivity index (χ0) is 19.8. The highest BCUT2D eigenvalue weighted by atomic mass is 35.5. The summed E-state index contributed by atoms with van der Waals surface area (Å²) in [4.78, 5) is 20.7. The van der Waals surface area contributed by atoms with Crippen molar-refractivity contribution < 1.29 is 0 Å². The largest absolute Gasteiger partial charge is 0.351 e. The number of nitrogens with zero attached hydrogens (tertiary/aromatic N) is 6. The fourth-order valence-corrected chi connectivity index (χ4v) is 3.93. The molecule has 8 heteroatoms. The number of nitrogens with one attached hydrogen (secondary N) is 1. The Labute approximate surface area is 173 Å². The summed E-state index contributed by atoms with van der Waals surface area (Å²) < 4.78 is 1.97. The highest BCUT2D eigenvalue weighted by Crippen LogP contribution is 2.30. The van der Waals surface area contributed by atoms with Gasteiger partial charge in [-0.15, -0.1) is 0 Å². The van der Waals surface area contributed by atoms with Crippen LogP contribution in [0.5, 0.6) is 0 Å². The molecule has 4 aromatic rings. The van der Waals surface area contributed by atoms with E-state index in [1.165, 1.54) is 6.33 Å². The number of halogens is 1. The van der Waals surface area contributed by atoms with E-state index in [1.54, 1.807) is 6.20 Å². The number of hydrogen-bond acceptors (Lipinski definition) is 6. The monoisotopic (exact) mass is 405 g/mol. The van der Waals surface area contributed by atoms with E-state index in [0.717, 1.165) is 53.8 Å². The molecule has 7 nitrogen and oxygen atoms in total. The van der Waals surface area contributed by atoms with Crippen LogP contribution in [0.1, 0.15) is 6.92 Å². The molecule has 146 valence electrons. The molecule has 0 bridgehead atoms. The Balaban J connectivity index is 1.73. The van der Waals surface area contributed by atoms with Gasteiger partial charge in [0.25, 0.3) is 0 Å². The standard InChI is InChI=1S/C21H20ClN7/c1-14-12-23-9-10-28(14)19-6-5-17-21(27-19)29(18-7-8-24-13-25-18)20(26-17)15-3-2-4-16(22)11-15/h2-8,11,13-14,23H,9-10,12H2,1H3. The number of rotatable bonds is 3. The number of anilines is 1. The summed E-state index contributed by atoms with van der Waals surface area (Å²) in [5.41, 5.74) is 2.48. The molecule has 1 aliphatic rings. The minimum absolute atomic E-state index is 0.372. The summed E-state index contributed by atoms with van der Waals surface area (Å²) in [5, 5.41) is 4.08. The third-order valence-electron chi connectivity index (χ3n) is 5.16. The summed E-state index contributed by atoms with van der Waals surface area (Å²) in [6.45, 7) is 5.02. The molecule has 29 heavy (non-hydrogen) atoms. The van der Waals surface area contributed by atoms with Crippen molar-refractivity contribution >= 4 is 28.6 Å². The van der Waals surface area contributed by atoms with Crippen molar-refractivity contribution in [2.24, 2.45) is 0 Å². The first-order valence-electron chi connectivity index (χ1n) is 9.60. The van der Waals surface area contributed by atoms with Crippen LogP contribution in [0.2, 0.25) is 5.02 Å². The second-order valence-corrected chi connectivity index (χ2v) is 7.54. The Morgan fingerprint density at radius 2 is 2.03 bits per heavy atom. The Morgan fingerprint density at radius 3 is 2.83 bits per heavy atom. The topological polar surface area (TPSA) is 71.8 Å². The first-order chi connectivity index (χ1) is 14.2. The molecule has 1 unspecified atom stereocenters. The van der Waals surface area contributed by atoms with E-state index in [4.69, 9.17) is 21.6 Å². The quantitative estimate of drug-likeness (QED) is 0.563. The fourth-order valence-electron chi connectivity index (χ4n) is 3.74. The summed E-state index contributed by atoms with van der Waals surface area (Å²) in [6, 6.07) is 14.0. The van der Waals surface area contributed by atoms with Crippen molar-refractivity contribution in [1.82, 2.24) is 29.8 Å². The van der Waals surface area contributed by atoms with Crippen molar-refractivity contribution in [2.75, 3.05) is 24.5 Å². The molecule has 0 amide bonds. The molecule has 5 rings (SSSR count). The molecule has 1 N–H and O–H groups in total. The molecule has 0 radical (unpaired) electrons. The molecular weight excluding hydrogens is 386 g/mol. The number of benzene rings is 1. The second-order valence-electron chi connectivity index (χ2n) is 7.11. The molecular formula is C21H20ClN7. The lowest BCUT2D eigenvalue weighted by Crippen LogP contribution is -2.50. The molecule has 1 aliphatic heterocycles. The summed E-state index contributed by atoms with van der Waals surface area (Å²) in [5.74, 6) is 2.41. The number of hydrogen-bond donors (Lipinski definition) is 1. The molecule has 1 fully saturated rings. The van der Waals surface area contributed by atoms with Crippen molar-refractivity contribution in [3.63, 3.8) is 0 Å². The predicted molar refractivity (Wildman–Crippen MR) is 115 cm³/mol. The van der Waals surface area contributed by atoms with Crippen molar-refractivity contribution in [1.29, 1.82) is 0 Å². The van der Waals surface area contributed by atoms with E-state index in [0.29, 0.717) is 11.1 Å². The molecule has 3 aromatic heterocycles. The number of fused-ring (bicyclic) bond motifs is 1. The highest BCUT2D eigenvalue weighted by molar-refractivity contribution is 6.30. The van der Waals surface area contributed by atoms with E-state index < -0.39 is 0 Å². The lowest BCUT2D eigenvalue weighted by Gasteiger charge is -2.34. The maximum absolute atomic E-state index is 6.24. The molecule has 0 saturated carbocycles. The highest BCUT2D eigenvalue weighted by Gasteiger charge is 2.22. The van der Waals surface area contributed by atoms with Gasteiger partial charge >= 0.3 is 0 Å². The molecule has 4 heterocycles. The SMILES string of the molecule is CC1CNCCN1c1ccc2nc(-c3cccc(Cl)c3)n(-c3ccncn3)c2n1. The van der Waals surface area contributed by atoms with Crippen LogP contribution in [0.25, 0.3) is 28.4 Å². The van der Waals surface area contributed by atoms with E-state index in [2.05, 4.69) is 27.1 Å². The van der Waals surface area contributed by atoms with Crippen molar-refractivity contribution in [3.8, 4) is 17.2 Å². The van der Waals surface area contributed by atoms with E-state index in [1.807, 2.05) is 47.0 Å². The smallest absolute Gasteiger partial charge is 0.168 e. The van der Waals surface area contributed by atoms with Gasteiger partial charge in [-0.1, -0.05) is 23.7 Å². The maximum atomic E-state index is 6.24. The van der Waals surface area contributed by atoms with E-state index in [9.17, 15) is 0 Å². The number of pyridine rings is 1. The Morgan fingerprint density at radius 1 is 1.10 bits per heavy atom. The molecule has 1 atom stereocenters. The average Bonchev–Trinajstić information content (AvgIpc) is 3.13. The molecule has 0 aliphatic carbocycles. The minimum atomic E-state index is 0.372. The summed E-state index contributed by atoms with van der Waals surface area (Å²) in [7, 11) is 0. The van der Waals surface area contributed by atoms with Gasteiger partial charge in [0.1, 0.15) is 29.3 Å². The first kappa shape index (κ1) is 18.0. The number of aromatic nitrogens is 5. The van der Waals surface area contributed by atoms with Gasteiger partial charge in [0, 0.05) is 42.5 Å². The van der Waals surface area contributed by atoms with Crippen molar-refractivity contribution in [3.05, 3.63) is 60.0 Å². The summed E-state index contributed by atoms with van der Waals surface area (Å²) in [6.07, 6.45) is 3.25. The van der Waals surface area contributed by atoms with Crippen LogP contribution in [-0.4, -0.2) is 50.2 Å². The average molecular weight is 406 g/mol. The predicted octanol–water partition coefficient (Wildman–Crippen LogP) is 3.33. The Hall–Kier alpha value is -3.03. The minimum Gasteiger partial charge on any atom is -0.351 e. The molecule has 0 spiro atoms. The van der Waals surface area contributed by atoms with E-state index in [-0.39, 0.29) is 0 Å². The number of piperazine rings is 1. The Kier molecular flexibility index (Phi) is 4.61. The Bertz CT molecular complexity index is 1160. The van der Waals surface area contributed by atoms with Crippen LogP contribution in [0.15, 0.2) is 55.0 Å². The van der Waals surface area contributed by atoms with Gasteiger partial charge in [-0.25, -0.2) is 19.9 Å². The molecule has 1 aromatic carbocycles. The van der Waals surface area contributed by atoms with Crippen LogP contribution < -0.4 is 10.2 Å². The van der Waals surface area contributed by atoms with Crippen LogP contribution in [0, 0.1) is 0 Å².